The summed E-state index contributed by atoms with van der Waals surface area (Å²) in [6.07, 6.45) is 0. The monoisotopic (exact) mass is 181 g/mol. The summed E-state index contributed by atoms with van der Waals surface area (Å²) in [6.45, 7) is 0. The predicted octanol–water partition coefficient (Wildman–Crippen LogP) is -5.74. The Kier molecular flexibility index (Phi) is 24.6. The molecule has 0 rings (SSSR count). The van der Waals surface area contributed by atoms with Crippen LogP contribution in [0, 0.1) is 7.43 Å². The van der Waals surface area contributed by atoms with Gasteiger partial charge in [-0.3, -0.25) is 0 Å². The van der Waals surface area contributed by atoms with E-state index in [1.165, 1.54) is 0 Å². The van der Waals surface area contributed by atoms with Crippen LogP contribution in [0.3, 0.4) is 0 Å². The molecule has 0 aliphatic heterocycles. The van der Waals surface area contributed by atoms with E-state index in [0.29, 0.717) is 0 Å². The van der Waals surface area contributed by atoms with Gasteiger partial charge >= 0.3 is 55.5 Å². The van der Waals surface area contributed by atoms with Gasteiger partial charge in [0.2, 0.25) is 0 Å². The van der Waals surface area contributed by atoms with Gasteiger partial charge in [0.1, 0.15) is 0 Å². The first-order chi connectivity index (χ1) is 2.00. The molecule has 0 atom stereocenters. The minimum absolute atomic E-state index is 0. The average molecular weight is 181 g/mol. The number of hydrogen-bond acceptors (Lipinski definition) is 4. The largest absolute Gasteiger partial charge is 5.00 e. The van der Waals surface area contributed by atoms with Gasteiger partial charge in [0.25, 0.3) is 0 Å². The van der Waals surface area contributed by atoms with Crippen molar-refractivity contribution in [3.05, 3.63) is 7.43 Å². The molecule has 0 aliphatic carbocycles. The molecule has 8 heavy (non-hydrogen) atoms. The van der Waals surface area contributed by atoms with Crippen molar-refractivity contribution in [3.8, 4) is 0 Å². The fraction of sp³-hybridized carbons (Fsp3) is 0. The van der Waals surface area contributed by atoms with Crippen LogP contribution in [0.2, 0.25) is 0 Å². The molecule has 0 saturated carbocycles. The molecule has 0 N–H and O–H groups in total. The Labute approximate surface area is 82.1 Å². The number of rotatable bonds is 0. The molecule has 0 saturated heterocycles. The van der Waals surface area contributed by atoms with Crippen LogP contribution in [-0.4, -0.2) is 0 Å². The molecule has 0 spiro atoms. The van der Waals surface area contributed by atoms with Crippen LogP contribution < -0.4 is 44.2 Å². The van der Waals surface area contributed by atoms with Gasteiger partial charge in [-0.15, -0.1) is 0 Å². The van der Waals surface area contributed by atoms with E-state index in [-0.39, 0.29) is 55.5 Å². The van der Waals surface area contributed by atoms with E-state index in [9.17, 15) is 0 Å². The van der Waals surface area contributed by atoms with Gasteiger partial charge in [0.15, 0.2) is 0 Å². The number of hydrogen-bond donors (Lipinski definition) is 0. The van der Waals surface area contributed by atoms with Gasteiger partial charge < -0.3 is 19.2 Å². The van der Waals surface area contributed by atoms with Gasteiger partial charge in [-0.05, 0) is 0 Å². The Morgan fingerprint density at radius 2 is 1.12 bits per heavy atom. The van der Waals surface area contributed by atoms with Gasteiger partial charge in [-0.25, -0.2) is 0 Å². The summed E-state index contributed by atoms with van der Waals surface area (Å²) in [5, 5.41) is 0. The van der Waals surface area contributed by atoms with Crippen molar-refractivity contribution in [1.29, 1.82) is 0 Å². The zero-order valence-corrected chi connectivity index (χ0v) is 8.32. The zero-order chi connectivity index (χ0) is 4.50. The molecule has 0 fully saturated rings. The van der Waals surface area contributed by atoms with Gasteiger partial charge in [-0.2, -0.15) is 7.82 Å². The molecular formula is CNaO4PV+7. The fourth-order valence-electron chi connectivity index (χ4n) is 0. The second-order valence-electron chi connectivity index (χ2n) is 0.447. The third-order valence-corrected chi connectivity index (χ3v) is 0. The topological polar surface area (TPSA) is 86.2 Å². The van der Waals surface area contributed by atoms with Crippen LogP contribution in [0.4, 0.5) is 0 Å². The average Bonchev–Trinajstić information content (AvgIpc) is 0.722. The summed E-state index contributed by atoms with van der Waals surface area (Å²) in [6, 6.07) is 0. The molecule has 0 amide bonds. The maximum Gasteiger partial charge on any atom is 5.00 e. The molecule has 0 heterocycles. The second kappa shape index (κ2) is 8.69. The van der Waals surface area contributed by atoms with Crippen LogP contribution in [0.1, 0.15) is 0 Å². The van der Waals surface area contributed by atoms with Crippen LogP contribution in [0.15, 0.2) is 0 Å². The third kappa shape index (κ3) is 120. The molecule has 0 bridgehead atoms. The van der Waals surface area contributed by atoms with E-state index >= 15 is 0 Å². The van der Waals surface area contributed by atoms with Gasteiger partial charge in [-0.1, -0.05) is 0 Å². The summed E-state index contributed by atoms with van der Waals surface area (Å²) >= 11 is 0. The fourth-order valence-corrected chi connectivity index (χ4v) is 0. The van der Waals surface area contributed by atoms with E-state index in [1.54, 1.807) is 0 Å². The Morgan fingerprint density at radius 3 is 1.12 bits per heavy atom. The molecule has 0 aromatic carbocycles. The van der Waals surface area contributed by atoms with Crippen molar-refractivity contribution in [2.24, 2.45) is 0 Å². The standard InChI is InChI=1S/C.Na.H3O4P.V/c;;1-5(2,3)4;/h;;(H3,1,2,3,4);/q+4;+1;;+5/p-3. The Morgan fingerprint density at radius 1 is 1.12 bits per heavy atom. The van der Waals surface area contributed by atoms with E-state index in [1.807, 2.05) is 0 Å². The first-order valence-corrected chi connectivity index (χ1v) is 2.19. The molecule has 0 unspecified atom stereocenters. The predicted molar refractivity (Wildman–Crippen MR) is 10.8 cm³/mol. The second-order valence-corrected chi connectivity index (χ2v) is 1.34. The Hall–Kier alpha value is 1.69. The Bertz CT molecular complexity index is 62.2. The smallest absolute Gasteiger partial charge is 0.822 e. The quantitative estimate of drug-likeness (QED) is 0.275. The molecule has 0 aromatic rings. The maximum absolute atomic E-state index is 8.55. The zero-order valence-electron chi connectivity index (χ0n) is 4.03. The van der Waals surface area contributed by atoms with Crippen molar-refractivity contribution in [2.75, 3.05) is 0 Å². The summed E-state index contributed by atoms with van der Waals surface area (Å²) in [7, 11) is -5.39. The molecule has 0 aromatic heterocycles. The normalized spacial score (nSPS) is 7.38. The minimum atomic E-state index is -5.39. The first kappa shape index (κ1) is 22.6. The molecular weight excluding hydrogens is 181 g/mol. The van der Waals surface area contributed by atoms with Crippen molar-refractivity contribution >= 4 is 7.82 Å². The maximum atomic E-state index is 8.55. The first-order valence-electron chi connectivity index (χ1n) is 0.730. The van der Waals surface area contributed by atoms with Gasteiger partial charge in [0.05, 0.1) is 0 Å². The van der Waals surface area contributed by atoms with Gasteiger partial charge in [0, 0.05) is 0 Å². The molecule has 4 nitrogen and oxygen atoms in total. The van der Waals surface area contributed by atoms with Crippen molar-refractivity contribution < 1.29 is 67.4 Å². The van der Waals surface area contributed by atoms with E-state index in [4.69, 9.17) is 19.2 Å². The van der Waals surface area contributed by atoms with Crippen molar-refractivity contribution in [1.82, 2.24) is 0 Å². The number of phosphoric acid groups is 1. The molecule has 7 heteroatoms. The summed E-state index contributed by atoms with van der Waals surface area (Å²) in [5.74, 6) is 0. The van der Waals surface area contributed by atoms with Crippen LogP contribution in [-0.2, 0) is 23.1 Å². The van der Waals surface area contributed by atoms with Crippen LogP contribution in [0.5, 0.6) is 0 Å². The summed E-state index contributed by atoms with van der Waals surface area (Å²) in [5.41, 5.74) is 0. The van der Waals surface area contributed by atoms with E-state index < -0.39 is 7.82 Å². The van der Waals surface area contributed by atoms with E-state index in [0.717, 1.165) is 0 Å². The SMILES string of the molecule is O=P([O-])([O-])[O-].[C+4].[Na+].[V+5]. The Balaban J connectivity index is -0.0000000267. The third-order valence-electron chi connectivity index (χ3n) is 0. The summed E-state index contributed by atoms with van der Waals surface area (Å²) in [4.78, 5) is 25.6. The van der Waals surface area contributed by atoms with Crippen LogP contribution in [0.25, 0.3) is 0 Å². The molecule has 0 radical (unpaired) electrons. The van der Waals surface area contributed by atoms with Crippen molar-refractivity contribution in [3.63, 3.8) is 0 Å². The summed E-state index contributed by atoms with van der Waals surface area (Å²) < 4.78 is 8.55. The van der Waals surface area contributed by atoms with Crippen LogP contribution >= 0.6 is 7.82 Å². The molecule has 32 valence electrons. The molecule has 0 aliphatic rings. The van der Waals surface area contributed by atoms with E-state index in [2.05, 4.69) is 0 Å². The van der Waals surface area contributed by atoms with Crippen molar-refractivity contribution in [2.45, 2.75) is 0 Å². The minimum Gasteiger partial charge on any atom is -0.822 e.